The largest absolute Gasteiger partial charge is 0.493 e. The van der Waals surface area contributed by atoms with Gasteiger partial charge in [0.15, 0.2) is 28.4 Å². The predicted molar refractivity (Wildman–Crippen MR) is 136 cm³/mol. The van der Waals surface area contributed by atoms with Crippen LogP contribution < -0.4 is 24.4 Å². The molecular formula is C28H22ClNO7. The van der Waals surface area contributed by atoms with Gasteiger partial charge in [-0.25, -0.2) is 0 Å². The lowest BCUT2D eigenvalue weighted by Crippen LogP contribution is -2.29. The summed E-state index contributed by atoms with van der Waals surface area (Å²) in [5.41, 5.74) is 1.74. The van der Waals surface area contributed by atoms with Gasteiger partial charge in [-0.2, -0.15) is 0 Å². The normalized spacial score (nSPS) is 15.8. The van der Waals surface area contributed by atoms with E-state index in [1.165, 1.54) is 0 Å². The lowest BCUT2D eigenvalue weighted by molar-refractivity contribution is 0.0714. The lowest BCUT2D eigenvalue weighted by Gasteiger charge is -2.26. The third-order valence-electron chi connectivity index (χ3n) is 6.52. The molecule has 0 N–H and O–H groups in total. The summed E-state index contributed by atoms with van der Waals surface area (Å²) in [6.45, 7) is 2.70. The first-order chi connectivity index (χ1) is 18.0. The van der Waals surface area contributed by atoms with Crippen LogP contribution in [0.2, 0.25) is 5.02 Å². The maximum Gasteiger partial charge on any atom is 0.291 e. The van der Waals surface area contributed by atoms with E-state index in [4.69, 9.17) is 35.0 Å². The number of nitrogens with zero attached hydrogens (tertiary/aromatic N) is 1. The topological polar surface area (TPSA) is 87.4 Å². The number of hydrogen-bond donors (Lipinski definition) is 0. The van der Waals surface area contributed by atoms with Crippen molar-refractivity contribution < 1.29 is 28.2 Å². The third-order valence-corrected chi connectivity index (χ3v) is 6.76. The molecule has 0 fully saturated rings. The van der Waals surface area contributed by atoms with Crippen molar-refractivity contribution in [1.29, 1.82) is 0 Å². The minimum absolute atomic E-state index is 0.0124. The molecule has 0 aliphatic carbocycles. The highest BCUT2D eigenvalue weighted by molar-refractivity contribution is 6.31. The molecule has 1 aromatic heterocycles. The van der Waals surface area contributed by atoms with Crippen LogP contribution in [0, 0.1) is 0 Å². The molecule has 2 aliphatic rings. The minimum atomic E-state index is -0.725. The van der Waals surface area contributed by atoms with Gasteiger partial charge in [-0.15, -0.1) is 0 Å². The predicted octanol–water partition coefficient (Wildman–Crippen LogP) is 5.33. The van der Waals surface area contributed by atoms with Gasteiger partial charge in [-0.05, 0) is 60.5 Å². The van der Waals surface area contributed by atoms with Crippen LogP contribution in [0.3, 0.4) is 0 Å². The molecule has 0 bridgehead atoms. The van der Waals surface area contributed by atoms with Crippen LogP contribution in [0.15, 0.2) is 63.8 Å². The van der Waals surface area contributed by atoms with Gasteiger partial charge in [0, 0.05) is 11.6 Å². The Hall–Kier alpha value is -4.17. The van der Waals surface area contributed by atoms with Gasteiger partial charge in [0.1, 0.15) is 5.58 Å². The van der Waals surface area contributed by atoms with Gasteiger partial charge in [-0.1, -0.05) is 23.7 Å². The molecule has 0 radical (unpaired) electrons. The quantitative estimate of drug-likeness (QED) is 0.340. The molecule has 9 heteroatoms. The van der Waals surface area contributed by atoms with Gasteiger partial charge in [0.2, 0.25) is 12.6 Å². The van der Waals surface area contributed by atoms with Gasteiger partial charge < -0.3 is 28.3 Å². The van der Waals surface area contributed by atoms with Crippen molar-refractivity contribution in [3.63, 3.8) is 0 Å². The summed E-state index contributed by atoms with van der Waals surface area (Å²) in [5.74, 6) is 1.94. The summed E-state index contributed by atoms with van der Waals surface area (Å²) in [6.07, 6.45) is 0. The van der Waals surface area contributed by atoms with E-state index in [1.807, 2.05) is 25.1 Å². The van der Waals surface area contributed by atoms with E-state index in [0.29, 0.717) is 51.2 Å². The zero-order valence-corrected chi connectivity index (χ0v) is 20.8. The van der Waals surface area contributed by atoms with Crippen molar-refractivity contribution in [2.24, 2.45) is 0 Å². The van der Waals surface area contributed by atoms with Gasteiger partial charge in [-0.3, -0.25) is 9.59 Å². The zero-order valence-electron chi connectivity index (χ0n) is 20.1. The molecule has 3 heterocycles. The first-order valence-electron chi connectivity index (χ1n) is 11.7. The van der Waals surface area contributed by atoms with Crippen LogP contribution in [0.5, 0.6) is 23.0 Å². The van der Waals surface area contributed by atoms with Gasteiger partial charge in [0.05, 0.1) is 30.7 Å². The van der Waals surface area contributed by atoms with E-state index in [0.717, 1.165) is 5.56 Å². The molecule has 37 heavy (non-hydrogen) atoms. The van der Waals surface area contributed by atoms with Crippen LogP contribution in [-0.2, 0) is 6.54 Å². The van der Waals surface area contributed by atoms with Gasteiger partial charge in [0.25, 0.3) is 5.91 Å². The molecular weight excluding hydrogens is 498 g/mol. The number of carbonyl (C=O) groups is 1. The van der Waals surface area contributed by atoms with Crippen molar-refractivity contribution in [2.75, 3.05) is 20.5 Å². The van der Waals surface area contributed by atoms with Crippen LogP contribution in [0.1, 0.15) is 40.2 Å². The molecule has 2 aliphatic heterocycles. The molecule has 8 nitrogen and oxygen atoms in total. The zero-order chi connectivity index (χ0) is 25.7. The van der Waals surface area contributed by atoms with Crippen LogP contribution in [0.4, 0.5) is 0 Å². The second-order valence-corrected chi connectivity index (χ2v) is 9.12. The number of carbonyl (C=O) groups excluding carboxylic acids is 1. The fourth-order valence-corrected chi connectivity index (χ4v) is 5.04. The first kappa shape index (κ1) is 23.2. The molecule has 1 atom stereocenters. The SMILES string of the molecule is CCOc1ccc(C2c3c(oc4ccc(Cl)cc4c3=O)C(=O)N2Cc2ccc3c(c2)OCO3)cc1OC. The van der Waals surface area contributed by atoms with Crippen molar-refractivity contribution in [1.82, 2.24) is 4.90 Å². The van der Waals surface area contributed by atoms with E-state index < -0.39 is 6.04 Å². The van der Waals surface area contributed by atoms with E-state index >= 15 is 0 Å². The Balaban J connectivity index is 1.52. The average molecular weight is 520 g/mol. The molecule has 1 amide bonds. The molecule has 3 aromatic carbocycles. The van der Waals surface area contributed by atoms with Crippen LogP contribution in [0.25, 0.3) is 11.0 Å². The Morgan fingerprint density at radius 2 is 1.84 bits per heavy atom. The molecule has 0 spiro atoms. The average Bonchev–Trinajstić information content (AvgIpc) is 3.48. The third kappa shape index (κ3) is 3.84. The summed E-state index contributed by atoms with van der Waals surface area (Å²) in [5, 5.41) is 0.715. The first-order valence-corrected chi connectivity index (χ1v) is 12.1. The van der Waals surface area contributed by atoms with Crippen LogP contribution >= 0.6 is 11.6 Å². The van der Waals surface area contributed by atoms with Crippen molar-refractivity contribution in [3.8, 4) is 23.0 Å². The summed E-state index contributed by atoms with van der Waals surface area (Å²) in [4.78, 5) is 29.2. The second kappa shape index (κ2) is 9.05. The number of halogens is 1. The Labute approximate surface area is 216 Å². The molecule has 188 valence electrons. The fourth-order valence-electron chi connectivity index (χ4n) is 4.87. The lowest BCUT2D eigenvalue weighted by atomic mass is 9.97. The molecule has 0 saturated carbocycles. The van der Waals surface area contributed by atoms with Crippen molar-refractivity contribution in [2.45, 2.75) is 19.5 Å². The molecule has 0 saturated heterocycles. The summed E-state index contributed by atoms with van der Waals surface area (Å²) in [7, 11) is 1.55. The Morgan fingerprint density at radius 3 is 2.65 bits per heavy atom. The van der Waals surface area contributed by atoms with E-state index in [1.54, 1.807) is 48.4 Å². The number of rotatable bonds is 6. The number of amides is 1. The highest BCUT2D eigenvalue weighted by Gasteiger charge is 2.43. The van der Waals surface area contributed by atoms with Crippen molar-refractivity contribution in [3.05, 3.63) is 92.3 Å². The van der Waals surface area contributed by atoms with Gasteiger partial charge >= 0.3 is 0 Å². The maximum absolute atomic E-state index is 13.8. The number of benzene rings is 3. The fraction of sp³-hybridized carbons (Fsp3) is 0.214. The summed E-state index contributed by atoms with van der Waals surface area (Å²) in [6, 6.07) is 14.9. The number of fused-ring (bicyclic) bond motifs is 3. The Kier molecular flexibility index (Phi) is 5.68. The number of methoxy groups -OCH3 is 1. The monoisotopic (exact) mass is 519 g/mol. The molecule has 1 unspecified atom stereocenters. The van der Waals surface area contributed by atoms with Crippen LogP contribution in [-0.4, -0.2) is 31.3 Å². The summed E-state index contributed by atoms with van der Waals surface area (Å²) < 4.78 is 28.2. The maximum atomic E-state index is 13.8. The highest BCUT2D eigenvalue weighted by atomic mass is 35.5. The highest BCUT2D eigenvalue weighted by Crippen LogP contribution is 2.42. The van der Waals surface area contributed by atoms with E-state index in [9.17, 15) is 9.59 Å². The minimum Gasteiger partial charge on any atom is -0.493 e. The number of ether oxygens (including phenoxy) is 4. The number of hydrogen-bond acceptors (Lipinski definition) is 7. The van der Waals surface area contributed by atoms with E-state index in [-0.39, 0.29) is 36.0 Å². The van der Waals surface area contributed by atoms with E-state index in [2.05, 4.69) is 0 Å². The Bertz CT molecular complexity index is 1610. The van der Waals surface area contributed by atoms with Crippen molar-refractivity contribution >= 4 is 28.5 Å². The Morgan fingerprint density at radius 1 is 1.00 bits per heavy atom. The summed E-state index contributed by atoms with van der Waals surface area (Å²) >= 11 is 6.18. The molecule has 4 aromatic rings. The smallest absolute Gasteiger partial charge is 0.291 e. The second-order valence-electron chi connectivity index (χ2n) is 8.68. The standard InChI is InChI=1S/C28H22ClNO7/c1-3-34-20-8-5-16(11-22(20)33-2)25-24-26(31)18-12-17(29)6-9-19(18)37-27(24)28(32)30(25)13-15-4-7-21-23(10-15)36-14-35-21/h4-12,25H,3,13-14H2,1-2H3. The molecule has 6 rings (SSSR count).